The van der Waals surface area contributed by atoms with Gasteiger partial charge in [-0.3, -0.25) is 9.59 Å². The van der Waals surface area contributed by atoms with Crippen LogP contribution in [-0.4, -0.2) is 17.4 Å². The van der Waals surface area contributed by atoms with Crippen LogP contribution in [0.1, 0.15) is 24.2 Å². The number of ether oxygens (including phenoxy) is 1. The summed E-state index contributed by atoms with van der Waals surface area (Å²) in [5, 5.41) is 4.96. The summed E-state index contributed by atoms with van der Waals surface area (Å²) in [5.74, 6) is -5.84. The SMILES string of the molecule is CC1(C)Oc2cccc(NC(=O)c3ccc(F)c(F)c3F)c2NC1=O. The van der Waals surface area contributed by atoms with E-state index in [0.29, 0.717) is 11.8 Å². The summed E-state index contributed by atoms with van der Waals surface area (Å²) in [6.45, 7) is 3.15. The third kappa shape index (κ3) is 2.90. The third-order valence-corrected chi connectivity index (χ3v) is 3.70. The van der Waals surface area contributed by atoms with Crippen LogP contribution in [-0.2, 0) is 4.79 Å². The molecule has 0 aliphatic carbocycles. The Morgan fingerprint density at radius 3 is 2.56 bits per heavy atom. The molecule has 0 unspecified atom stereocenters. The Bertz CT molecular complexity index is 897. The Labute approximate surface area is 140 Å². The molecule has 25 heavy (non-hydrogen) atoms. The van der Waals surface area contributed by atoms with E-state index < -0.39 is 40.4 Å². The lowest BCUT2D eigenvalue weighted by atomic mass is 10.1. The molecule has 1 aliphatic rings. The van der Waals surface area contributed by atoms with Gasteiger partial charge in [0, 0.05) is 0 Å². The number of benzene rings is 2. The molecule has 0 radical (unpaired) electrons. The van der Waals surface area contributed by atoms with Gasteiger partial charge in [0.1, 0.15) is 11.4 Å². The lowest BCUT2D eigenvalue weighted by Gasteiger charge is -2.32. The van der Waals surface area contributed by atoms with Crippen LogP contribution in [0.3, 0.4) is 0 Å². The number of carbonyl (C=O) groups is 2. The third-order valence-electron chi connectivity index (χ3n) is 3.70. The second-order valence-corrected chi connectivity index (χ2v) is 5.92. The van der Waals surface area contributed by atoms with Crippen molar-refractivity contribution >= 4 is 23.2 Å². The Hall–Kier alpha value is -3.03. The van der Waals surface area contributed by atoms with Gasteiger partial charge in [-0.1, -0.05) is 6.07 Å². The topological polar surface area (TPSA) is 67.4 Å². The van der Waals surface area contributed by atoms with Gasteiger partial charge in [-0.25, -0.2) is 13.2 Å². The highest BCUT2D eigenvalue weighted by atomic mass is 19.2. The van der Waals surface area contributed by atoms with Crippen molar-refractivity contribution in [2.24, 2.45) is 0 Å². The second-order valence-electron chi connectivity index (χ2n) is 5.92. The Morgan fingerprint density at radius 1 is 1.12 bits per heavy atom. The molecule has 0 saturated heterocycles. The molecule has 0 bridgehead atoms. The Balaban J connectivity index is 1.94. The highest BCUT2D eigenvalue weighted by Gasteiger charge is 2.36. The van der Waals surface area contributed by atoms with Crippen molar-refractivity contribution in [3.8, 4) is 5.75 Å². The normalized spacial score (nSPS) is 15.0. The van der Waals surface area contributed by atoms with Gasteiger partial charge in [0.2, 0.25) is 0 Å². The lowest BCUT2D eigenvalue weighted by Crippen LogP contribution is -2.45. The molecule has 0 saturated carbocycles. The smallest absolute Gasteiger partial charge is 0.268 e. The monoisotopic (exact) mass is 350 g/mol. The molecule has 3 rings (SSSR count). The molecular weight excluding hydrogens is 337 g/mol. The van der Waals surface area contributed by atoms with Crippen LogP contribution in [0.2, 0.25) is 0 Å². The number of amides is 2. The molecule has 1 heterocycles. The first kappa shape index (κ1) is 16.8. The summed E-state index contributed by atoms with van der Waals surface area (Å²) >= 11 is 0. The molecule has 0 atom stereocenters. The van der Waals surface area contributed by atoms with E-state index >= 15 is 0 Å². The van der Waals surface area contributed by atoms with Gasteiger partial charge in [0.25, 0.3) is 11.8 Å². The molecule has 5 nitrogen and oxygen atoms in total. The predicted molar refractivity (Wildman–Crippen MR) is 84.0 cm³/mol. The average Bonchev–Trinajstić information content (AvgIpc) is 2.54. The molecule has 8 heteroatoms. The molecule has 0 spiro atoms. The summed E-state index contributed by atoms with van der Waals surface area (Å²) in [6, 6.07) is 6.09. The van der Waals surface area contributed by atoms with E-state index in [1.807, 2.05) is 0 Å². The van der Waals surface area contributed by atoms with Crippen LogP contribution in [0.15, 0.2) is 30.3 Å². The quantitative estimate of drug-likeness (QED) is 0.815. The fourth-order valence-electron chi connectivity index (χ4n) is 2.33. The zero-order valence-electron chi connectivity index (χ0n) is 13.2. The zero-order valence-corrected chi connectivity index (χ0v) is 13.2. The molecule has 1 aliphatic heterocycles. The minimum Gasteiger partial charge on any atom is -0.476 e. The number of para-hydroxylation sites is 1. The molecule has 2 aromatic rings. The first-order valence-electron chi connectivity index (χ1n) is 7.29. The van der Waals surface area contributed by atoms with Crippen LogP contribution in [0, 0.1) is 17.5 Å². The van der Waals surface area contributed by atoms with E-state index in [9.17, 15) is 22.8 Å². The summed E-state index contributed by atoms with van der Waals surface area (Å²) < 4.78 is 45.6. The Kier molecular flexibility index (Phi) is 3.90. The first-order valence-corrected chi connectivity index (χ1v) is 7.29. The molecule has 0 fully saturated rings. The Morgan fingerprint density at radius 2 is 1.84 bits per heavy atom. The van der Waals surface area contributed by atoms with Crippen molar-refractivity contribution in [1.82, 2.24) is 0 Å². The fourth-order valence-corrected chi connectivity index (χ4v) is 2.33. The van der Waals surface area contributed by atoms with Crippen molar-refractivity contribution in [2.45, 2.75) is 19.4 Å². The van der Waals surface area contributed by atoms with E-state index in [1.165, 1.54) is 6.07 Å². The van der Waals surface area contributed by atoms with Gasteiger partial charge in [0.05, 0.1) is 11.3 Å². The van der Waals surface area contributed by atoms with E-state index in [1.54, 1.807) is 26.0 Å². The van der Waals surface area contributed by atoms with Crippen molar-refractivity contribution < 1.29 is 27.5 Å². The first-order chi connectivity index (χ1) is 11.7. The minimum atomic E-state index is -1.74. The largest absolute Gasteiger partial charge is 0.476 e. The van der Waals surface area contributed by atoms with E-state index in [2.05, 4.69) is 10.6 Å². The van der Waals surface area contributed by atoms with Crippen LogP contribution in [0.4, 0.5) is 24.5 Å². The van der Waals surface area contributed by atoms with Gasteiger partial charge < -0.3 is 15.4 Å². The van der Waals surface area contributed by atoms with Crippen LogP contribution < -0.4 is 15.4 Å². The number of rotatable bonds is 2. The molecule has 2 N–H and O–H groups in total. The van der Waals surface area contributed by atoms with Crippen molar-refractivity contribution in [1.29, 1.82) is 0 Å². The van der Waals surface area contributed by atoms with E-state index in [4.69, 9.17) is 4.74 Å². The molecule has 2 amide bonds. The number of halogens is 3. The highest BCUT2D eigenvalue weighted by Crippen LogP contribution is 2.39. The summed E-state index contributed by atoms with van der Waals surface area (Å²) in [7, 11) is 0. The number of hydrogen-bond donors (Lipinski definition) is 2. The van der Waals surface area contributed by atoms with E-state index in [-0.39, 0.29) is 11.4 Å². The number of anilines is 2. The summed E-state index contributed by atoms with van der Waals surface area (Å²) in [4.78, 5) is 24.2. The maximum absolute atomic E-state index is 13.7. The maximum Gasteiger partial charge on any atom is 0.268 e. The number of nitrogens with one attached hydrogen (secondary N) is 2. The molecule has 2 aromatic carbocycles. The standard InChI is InChI=1S/C17H13F3N2O3/c1-17(2)16(24)22-14-10(4-3-5-11(14)25-17)21-15(23)8-6-7-9(18)13(20)12(8)19/h3-7H,1-2H3,(H,21,23)(H,22,24). The van der Waals surface area contributed by atoms with Gasteiger partial charge in [-0.2, -0.15) is 0 Å². The number of hydrogen-bond acceptors (Lipinski definition) is 3. The zero-order chi connectivity index (χ0) is 18.4. The van der Waals surface area contributed by atoms with Gasteiger partial charge in [0.15, 0.2) is 23.1 Å². The maximum atomic E-state index is 13.7. The van der Waals surface area contributed by atoms with Crippen LogP contribution in [0.25, 0.3) is 0 Å². The number of fused-ring (bicyclic) bond motifs is 1. The summed E-state index contributed by atoms with van der Waals surface area (Å²) in [5.41, 5.74) is -1.43. The van der Waals surface area contributed by atoms with Crippen LogP contribution in [0.5, 0.6) is 5.75 Å². The van der Waals surface area contributed by atoms with Crippen molar-refractivity contribution in [3.05, 3.63) is 53.3 Å². The minimum absolute atomic E-state index is 0.135. The molecule has 0 aromatic heterocycles. The van der Waals surface area contributed by atoms with Crippen LogP contribution >= 0.6 is 0 Å². The predicted octanol–water partition coefficient (Wildman–Crippen LogP) is 3.47. The van der Waals surface area contributed by atoms with Crippen molar-refractivity contribution in [2.75, 3.05) is 10.6 Å². The number of carbonyl (C=O) groups excluding carboxylic acids is 2. The van der Waals surface area contributed by atoms with E-state index in [0.717, 1.165) is 6.07 Å². The van der Waals surface area contributed by atoms with Gasteiger partial charge in [-0.15, -0.1) is 0 Å². The average molecular weight is 350 g/mol. The summed E-state index contributed by atoms with van der Waals surface area (Å²) in [6.07, 6.45) is 0. The highest BCUT2D eigenvalue weighted by molar-refractivity contribution is 6.09. The lowest BCUT2D eigenvalue weighted by molar-refractivity contribution is -0.129. The van der Waals surface area contributed by atoms with Gasteiger partial charge in [-0.05, 0) is 38.1 Å². The molecule has 130 valence electrons. The molecular formula is C17H13F3N2O3. The second kappa shape index (κ2) is 5.80. The van der Waals surface area contributed by atoms with Gasteiger partial charge >= 0.3 is 0 Å². The fraction of sp³-hybridized carbons (Fsp3) is 0.176. The van der Waals surface area contributed by atoms with Crippen molar-refractivity contribution in [3.63, 3.8) is 0 Å².